The third kappa shape index (κ3) is 5.44. The van der Waals surface area contributed by atoms with Gasteiger partial charge in [0.2, 0.25) is 5.88 Å². The van der Waals surface area contributed by atoms with Crippen molar-refractivity contribution >= 4 is 17.7 Å². The standard InChI is InChI=1S/C21H20ClN3O3/c1-2-3-12-27-20-14-17(15-23-25(20)18-9-5-4-6-10-18)24-21(26)28-19-11-7-8-16(22)13-19/h4-11,13-15H,2-3,12H2,1H3. The normalized spacial score (nSPS) is 11.3. The number of hydrogen-bond acceptors (Lipinski definition) is 4. The Morgan fingerprint density at radius 1 is 1.14 bits per heavy atom. The molecule has 1 heterocycles. The number of rotatable bonds is 6. The average molecular weight is 398 g/mol. The first-order valence-corrected chi connectivity index (χ1v) is 9.33. The molecule has 0 aliphatic heterocycles. The van der Waals surface area contributed by atoms with Crippen LogP contribution in [0.1, 0.15) is 19.8 Å². The van der Waals surface area contributed by atoms with Crippen molar-refractivity contribution in [3.05, 3.63) is 77.2 Å². The summed E-state index contributed by atoms with van der Waals surface area (Å²) in [5.41, 5.74) is 0.849. The van der Waals surface area contributed by atoms with Gasteiger partial charge in [0.05, 0.1) is 23.8 Å². The average Bonchev–Trinajstić information content (AvgIpc) is 2.69. The fraction of sp³-hybridized carbons (Fsp3) is 0.190. The molecule has 3 rings (SSSR count). The maximum absolute atomic E-state index is 12.1. The Morgan fingerprint density at radius 2 is 1.96 bits per heavy atom. The number of carbonyl (C=O) groups excluding carboxylic acids is 1. The number of amides is 1. The van der Waals surface area contributed by atoms with Crippen molar-refractivity contribution in [3.8, 4) is 17.3 Å². The quantitative estimate of drug-likeness (QED) is 0.560. The van der Waals surface area contributed by atoms with Crippen molar-refractivity contribution in [1.82, 2.24) is 9.78 Å². The molecule has 0 unspecified atom stereocenters. The SMILES string of the molecule is CCCCOc1cc(=NC(=O)Oc2cccc(Cl)c2)cnn1-c1ccccc1. The summed E-state index contributed by atoms with van der Waals surface area (Å²) in [5, 5.41) is 5.18. The predicted molar refractivity (Wildman–Crippen MR) is 107 cm³/mol. The van der Waals surface area contributed by atoms with E-state index in [-0.39, 0.29) is 0 Å². The molecule has 0 radical (unpaired) electrons. The Morgan fingerprint density at radius 3 is 2.71 bits per heavy atom. The third-order valence-corrected chi connectivity index (χ3v) is 3.99. The zero-order valence-electron chi connectivity index (χ0n) is 15.4. The van der Waals surface area contributed by atoms with E-state index < -0.39 is 6.09 Å². The molecule has 1 aromatic heterocycles. The highest BCUT2D eigenvalue weighted by Crippen LogP contribution is 2.18. The van der Waals surface area contributed by atoms with E-state index >= 15 is 0 Å². The topological polar surface area (TPSA) is 65.7 Å². The highest BCUT2D eigenvalue weighted by Gasteiger charge is 2.07. The molecule has 7 heteroatoms. The van der Waals surface area contributed by atoms with Crippen LogP contribution in [0.25, 0.3) is 5.69 Å². The van der Waals surface area contributed by atoms with Gasteiger partial charge in [-0.3, -0.25) is 0 Å². The van der Waals surface area contributed by atoms with Crippen LogP contribution in [0, 0.1) is 0 Å². The summed E-state index contributed by atoms with van der Waals surface area (Å²) in [7, 11) is 0. The van der Waals surface area contributed by atoms with E-state index in [1.165, 1.54) is 6.20 Å². The molecule has 0 atom stereocenters. The molecule has 0 spiro atoms. The molecule has 0 N–H and O–H groups in total. The number of unbranched alkanes of at least 4 members (excludes halogenated alkanes) is 1. The minimum atomic E-state index is -0.763. The number of carbonyl (C=O) groups is 1. The zero-order valence-corrected chi connectivity index (χ0v) is 16.2. The maximum atomic E-state index is 12.1. The molecule has 6 nitrogen and oxygen atoms in total. The number of para-hydroxylation sites is 1. The van der Waals surface area contributed by atoms with Crippen molar-refractivity contribution in [2.24, 2.45) is 4.99 Å². The van der Waals surface area contributed by atoms with E-state index in [1.54, 1.807) is 35.0 Å². The van der Waals surface area contributed by atoms with E-state index in [2.05, 4.69) is 17.0 Å². The van der Waals surface area contributed by atoms with Crippen LogP contribution in [-0.4, -0.2) is 22.5 Å². The summed E-state index contributed by atoms with van der Waals surface area (Å²) < 4.78 is 12.7. The van der Waals surface area contributed by atoms with Crippen LogP contribution < -0.4 is 14.8 Å². The highest BCUT2D eigenvalue weighted by atomic mass is 35.5. The van der Waals surface area contributed by atoms with Gasteiger partial charge in [-0.25, -0.2) is 9.48 Å². The summed E-state index contributed by atoms with van der Waals surface area (Å²) in [6.07, 6.45) is 2.64. The minimum Gasteiger partial charge on any atom is -0.478 e. The van der Waals surface area contributed by atoms with Gasteiger partial charge in [-0.05, 0) is 36.8 Å². The molecule has 0 aliphatic rings. The number of aromatic nitrogens is 2. The van der Waals surface area contributed by atoms with Gasteiger partial charge in [-0.2, -0.15) is 10.1 Å². The number of halogens is 1. The van der Waals surface area contributed by atoms with E-state index in [0.717, 1.165) is 18.5 Å². The number of nitrogens with zero attached hydrogens (tertiary/aromatic N) is 3. The lowest BCUT2D eigenvalue weighted by Gasteiger charge is -2.13. The molecule has 144 valence electrons. The second-order valence-electron chi connectivity index (χ2n) is 5.94. The fourth-order valence-corrected chi connectivity index (χ4v) is 2.59. The van der Waals surface area contributed by atoms with Crippen molar-refractivity contribution in [2.45, 2.75) is 19.8 Å². The molecule has 0 aliphatic carbocycles. The van der Waals surface area contributed by atoms with E-state index in [0.29, 0.717) is 28.6 Å². The first-order valence-electron chi connectivity index (χ1n) is 8.95. The number of hydrogen-bond donors (Lipinski definition) is 0. The van der Waals surface area contributed by atoms with Gasteiger partial charge in [0.25, 0.3) is 0 Å². The highest BCUT2D eigenvalue weighted by molar-refractivity contribution is 6.30. The van der Waals surface area contributed by atoms with Crippen LogP contribution in [0.5, 0.6) is 11.6 Å². The lowest BCUT2D eigenvalue weighted by Crippen LogP contribution is -2.16. The Hall–Kier alpha value is -3.12. The first-order chi connectivity index (χ1) is 13.7. The van der Waals surface area contributed by atoms with Crippen LogP contribution in [0.3, 0.4) is 0 Å². The van der Waals surface area contributed by atoms with Gasteiger partial charge < -0.3 is 9.47 Å². The zero-order chi connectivity index (χ0) is 19.8. The Kier molecular flexibility index (Phi) is 6.81. The molecule has 28 heavy (non-hydrogen) atoms. The summed E-state index contributed by atoms with van der Waals surface area (Å²) in [4.78, 5) is 16.1. The van der Waals surface area contributed by atoms with E-state index in [4.69, 9.17) is 21.1 Å². The Balaban J connectivity index is 1.87. The molecule has 0 fully saturated rings. The predicted octanol–water partition coefficient (Wildman–Crippen LogP) is 4.80. The van der Waals surface area contributed by atoms with Crippen LogP contribution in [0.4, 0.5) is 4.79 Å². The van der Waals surface area contributed by atoms with Gasteiger partial charge in [0.1, 0.15) is 5.75 Å². The molecule has 0 saturated heterocycles. The minimum absolute atomic E-state index is 0.323. The second-order valence-corrected chi connectivity index (χ2v) is 6.37. The summed E-state index contributed by atoms with van der Waals surface area (Å²) in [6, 6.07) is 17.8. The molecule has 0 saturated carbocycles. The molecule has 3 aromatic rings. The second kappa shape index (κ2) is 9.71. The third-order valence-electron chi connectivity index (χ3n) is 3.76. The molecular formula is C21H20ClN3O3. The maximum Gasteiger partial charge on any atom is 0.439 e. The molecular weight excluding hydrogens is 378 g/mol. The number of ether oxygens (including phenoxy) is 2. The Bertz CT molecular complexity index is 1000. The Labute approximate surface area is 168 Å². The smallest absolute Gasteiger partial charge is 0.439 e. The summed E-state index contributed by atoms with van der Waals surface area (Å²) in [6.45, 7) is 2.63. The molecule has 1 amide bonds. The number of benzene rings is 2. The van der Waals surface area contributed by atoms with Crippen LogP contribution >= 0.6 is 11.6 Å². The fourth-order valence-electron chi connectivity index (χ4n) is 2.41. The molecule has 0 bridgehead atoms. The summed E-state index contributed by atoms with van der Waals surface area (Å²) in [5.74, 6) is 0.820. The first kappa shape index (κ1) is 19.6. The lowest BCUT2D eigenvalue weighted by atomic mass is 10.3. The monoisotopic (exact) mass is 397 g/mol. The van der Waals surface area contributed by atoms with Crippen molar-refractivity contribution in [2.75, 3.05) is 6.61 Å². The van der Waals surface area contributed by atoms with Gasteiger partial charge in [0.15, 0.2) is 0 Å². The van der Waals surface area contributed by atoms with E-state index in [1.807, 2.05) is 30.3 Å². The largest absolute Gasteiger partial charge is 0.478 e. The van der Waals surface area contributed by atoms with Crippen LogP contribution in [0.15, 0.2) is 71.9 Å². The summed E-state index contributed by atoms with van der Waals surface area (Å²) >= 11 is 5.89. The van der Waals surface area contributed by atoms with Gasteiger partial charge in [-0.15, -0.1) is 0 Å². The molecule has 2 aromatic carbocycles. The van der Waals surface area contributed by atoms with Gasteiger partial charge in [0, 0.05) is 11.1 Å². The lowest BCUT2D eigenvalue weighted by molar-refractivity contribution is 0.210. The van der Waals surface area contributed by atoms with Gasteiger partial charge in [-0.1, -0.05) is 49.2 Å². The van der Waals surface area contributed by atoms with Gasteiger partial charge >= 0.3 is 6.09 Å². The van der Waals surface area contributed by atoms with Crippen molar-refractivity contribution < 1.29 is 14.3 Å². The van der Waals surface area contributed by atoms with E-state index in [9.17, 15) is 4.79 Å². The van der Waals surface area contributed by atoms with Crippen molar-refractivity contribution in [3.63, 3.8) is 0 Å². The van der Waals surface area contributed by atoms with Crippen LogP contribution in [0.2, 0.25) is 5.02 Å². The van der Waals surface area contributed by atoms with Crippen molar-refractivity contribution in [1.29, 1.82) is 0 Å². The van der Waals surface area contributed by atoms with Crippen LogP contribution in [-0.2, 0) is 0 Å².